The third-order valence-electron chi connectivity index (χ3n) is 4.32. The van der Waals surface area contributed by atoms with Gasteiger partial charge in [-0.15, -0.1) is 0 Å². The molecule has 33 heavy (non-hydrogen) atoms. The van der Waals surface area contributed by atoms with Gasteiger partial charge < -0.3 is 14.2 Å². The Bertz CT molecular complexity index is 1210. The van der Waals surface area contributed by atoms with Crippen LogP contribution < -0.4 is 14.2 Å². The van der Waals surface area contributed by atoms with Crippen LogP contribution in [-0.2, 0) is 0 Å². The van der Waals surface area contributed by atoms with E-state index in [0.717, 1.165) is 23.6 Å². The molecule has 0 aromatic heterocycles. The van der Waals surface area contributed by atoms with Gasteiger partial charge in [0.25, 0.3) is 5.69 Å². The number of benzene rings is 3. The third-order valence-corrected chi connectivity index (χ3v) is 4.91. The van der Waals surface area contributed by atoms with Gasteiger partial charge in [-0.05, 0) is 70.9 Å². The standard InChI is InChI=1S/C22H18BrN3O7/c1-3-32-17-7-4-15(5-8-17)24-13-14-10-18(23)22(21(11-14)31-2)33-20-9-6-16(25(27)28)12-19(20)26(29)30/h4-13H,3H2,1-2H3. The average Bonchev–Trinajstić information content (AvgIpc) is 2.80. The molecule has 0 bridgehead atoms. The number of hydrogen-bond acceptors (Lipinski definition) is 8. The molecular weight excluding hydrogens is 498 g/mol. The molecular formula is C22H18BrN3O7. The molecule has 3 aromatic rings. The van der Waals surface area contributed by atoms with E-state index in [9.17, 15) is 20.2 Å². The molecule has 3 aromatic carbocycles. The van der Waals surface area contributed by atoms with Gasteiger partial charge in [0.2, 0.25) is 5.75 Å². The molecule has 0 aliphatic carbocycles. The van der Waals surface area contributed by atoms with Gasteiger partial charge in [0, 0.05) is 12.3 Å². The van der Waals surface area contributed by atoms with E-state index in [0.29, 0.717) is 16.6 Å². The SMILES string of the molecule is CCOc1ccc(N=Cc2cc(Br)c(Oc3ccc([N+](=O)[O-])cc3[N+](=O)[O-])c(OC)c2)cc1. The molecule has 0 saturated heterocycles. The Kier molecular flexibility index (Phi) is 7.57. The second-order valence-corrected chi connectivity index (χ2v) is 7.34. The molecule has 0 heterocycles. The van der Waals surface area contributed by atoms with Crippen molar-refractivity contribution in [3.05, 3.63) is 84.9 Å². The lowest BCUT2D eigenvalue weighted by Crippen LogP contribution is -1.98. The van der Waals surface area contributed by atoms with Crippen molar-refractivity contribution in [1.29, 1.82) is 0 Å². The van der Waals surface area contributed by atoms with Crippen molar-refractivity contribution in [3.8, 4) is 23.0 Å². The maximum Gasteiger partial charge on any atom is 0.318 e. The zero-order valence-corrected chi connectivity index (χ0v) is 19.1. The molecule has 0 amide bonds. The van der Waals surface area contributed by atoms with E-state index in [-0.39, 0.29) is 17.2 Å². The number of non-ortho nitro benzene ring substituents is 1. The summed E-state index contributed by atoms with van der Waals surface area (Å²) in [7, 11) is 1.42. The second kappa shape index (κ2) is 10.6. The van der Waals surface area contributed by atoms with Gasteiger partial charge in [-0.2, -0.15) is 0 Å². The fourth-order valence-electron chi connectivity index (χ4n) is 2.82. The van der Waals surface area contributed by atoms with Crippen LogP contribution in [0.3, 0.4) is 0 Å². The summed E-state index contributed by atoms with van der Waals surface area (Å²) < 4.78 is 17.0. The molecule has 10 nitrogen and oxygen atoms in total. The monoisotopic (exact) mass is 515 g/mol. The number of halogens is 1. The number of methoxy groups -OCH3 is 1. The highest BCUT2D eigenvalue weighted by Crippen LogP contribution is 2.42. The van der Waals surface area contributed by atoms with Gasteiger partial charge in [0.05, 0.1) is 39.8 Å². The summed E-state index contributed by atoms with van der Waals surface area (Å²) in [5, 5.41) is 22.3. The lowest BCUT2D eigenvalue weighted by Gasteiger charge is -2.13. The van der Waals surface area contributed by atoms with E-state index in [2.05, 4.69) is 20.9 Å². The van der Waals surface area contributed by atoms with Crippen LogP contribution in [0.4, 0.5) is 17.1 Å². The van der Waals surface area contributed by atoms with Crippen molar-refractivity contribution in [2.45, 2.75) is 6.92 Å². The highest BCUT2D eigenvalue weighted by atomic mass is 79.9. The summed E-state index contributed by atoms with van der Waals surface area (Å²) >= 11 is 3.39. The summed E-state index contributed by atoms with van der Waals surface area (Å²) in [6.45, 7) is 2.48. The maximum atomic E-state index is 11.4. The van der Waals surface area contributed by atoms with Crippen LogP contribution in [-0.4, -0.2) is 29.8 Å². The van der Waals surface area contributed by atoms with Gasteiger partial charge in [0.15, 0.2) is 11.5 Å². The van der Waals surface area contributed by atoms with Crippen molar-refractivity contribution in [2.24, 2.45) is 4.99 Å². The highest BCUT2D eigenvalue weighted by molar-refractivity contribution is 9.10. The van der Waals surface area contributed by atoms with Gasteiger partial charge in [-0.3, -0.25) is 25.2 Å². The molecule has 0 N–H and O–H groups in total. The predicted octanol–water partition coefficient (Wildman–Crippen LogP) is 6.22. The van der Waals surface area contributed by atoms with Crippen LogP contribution in [0.2, 0.25) is 0 Å². The van der Waals surface area contributed by atoms with E-state index in [1.54, 1.807) is 18.3 Å². The summed E-state index contributed by atoms with van der Waals surface area (Å²) in [6.07, 6.45) is 1.63. The first kappa shape index (κ1) is 23.7. The number of nitro benzene ring substituents is 2. The van der Waals surface area contributed by atoms with E-state index in [1.165, 1.54) is 13.2 Å². The van der Waals surface area contributed by atoms with Gasteiger partial charge in [-0.1, -0.05) is 0 Å². The molecule has 170 valence electrons. The number of rotatable bonds is 9. The highest BCUT2D eigenvalue weighted by Gasteiger charge is 2.23. The molecule has 0 saturated carbocycles. The minimum Gasteiger partial charge on any atom is -0.494 e. The number of hydrogen-bond donors (Lipinski definition) is 0. The second-order valence-electron chi connectivity index (χ2n) is 6.49. The van der Waals surface area contributed by atoms with Crippen LogP contribution in [0.5, 0.6) is 23.0 Å². The molecule has 3 rings (SSSR count). The summed E-state index contributed by atoms with van der Waals surface area (Å²) in [5.41, 5.74) is 0.439. The van der Waals surface area contributed by atoms with Crippen molar-refractivity contribution < 1.29 is 24.1 Å². The predicted molar refractivity (Wildman–Crippen MR) is 125 cm³/mol. The van der Waals surface area contributed by atoms with Crippen LogP contribution >= 0.6 is 15.9 Å². The summed E-state index contributed by atoms with van der Waals surface area (Å²) in [4.78, 5) is 25.3. The number of aliphatic imine (C=N–C) groups is 1. The number of ether oxygens (including phenoxy) is 3. The lowest BCUT2D eigenvalue weighted by atomic mass is 10.2. The van der Waals surface area contributed by atoms with Crippen LogP contribution in [0.25, 0.3) is 0 Å². The zero-order chi connectivity index (χ0) is 24.0. The Balaban J connectivity index is 1.89. The zero-order valence-electron chi connectivity index (χ0n) is 17.6. The molecule has 0 radical (unpaired) electrons. The van der Waals surface area contributed by atoms with Crippen molar-refractivity contribution >= 4 is 39.2 Å². The normalized spacial score (nSPS) is 10.8. The largest absolute Gasteiger partial charge is 0.494 e. The number of nitro groups is 2. The first-order valence-corrected chi connectivity index (χ1v) is 10.4. The molecule has 0 aliphatic heterocycles. The Morgan fingerprint density at radius 3 is 2.33 bits per heavy atom. The van der Waals surface area contributed by atoms with Gasteiger partial charge in [-0.25, -0.2) is 0 Å². The molecule has 0 unspecified atom stereocenters. The van der Waals surface area contributed by atoms with Crippen molar-refractivity contribution in [1.82, 2.24) is 0 Å². The Morgan fingerprint density at radius 2 is 1.73 bits per heavy atom. The Hall–Kier alpha value is -3.99. The van der Waals surface area contributed by atoms with E-state index in [4.69, 9.17) is 14.2 Å². The Morgan fingerprint density at radius 1 is 1.00 bits per heavy atom. The van der Waals surface area contributed by atoms with Gasteiger partial charge in [0.1, 0.15) is 5.75 Å². The first-order valence-electron chi connectivity index (χ1n) is 9.57. The maximum absolute atomic E-state index is 11.4. The van der Waals surface area contributed by atoms with Gasteiger partial charge >= 0.3 is 5.69 Å². The summed E-state index contributed by atoms with van der Waals surface area (Å²) in [5.74, 6) is 1.04. The van der Waals surface area contributed by atoms with Crippen molar-refractivity contribution in [3.63, 3.8) is 0 Å². The summed E-state index contributed by atoms with van der Waals surface area (Å²) in [6, 6.07) is 13.8. The minimum atomic E-state index is -0.749. The fraction of sp³-hybridized carbons (Fsp3) is 0.136. The van der Waals surface area contributed by atoms with Crippen LogP contribution in [0, 0.1) is 20.2 Å². The van der Waals surface area contributed by atoms with Crippen LogP contribution in [0.1, 0.15) is 12.5 Å². The smallest absolute Gasteiger partial charge is 0.318 e. The Labute approximate surface area is 196 Å². The molecule has 0 fully saturated rings. The van der Waals surface area contributed by atoms with E-state index >= 15 is 0 Å². The molecule has 0 aliphatic rings. The topological polar surface area (TPSA) is 126 Å². The number of nitrogens with zero attached hydrogens (tertiary/aromatic N) is 3. The average molecular weight is 516 g/mol. The lowest BCUT2D eigenvalue weighted by molar-refractivity contribution is -0.394. The fourth-order valence-corrected chi connectivity index (χ4v) is 3.36. The van der Waals surface area contributed by atoms with E-state index < -0.39 is 21.2 Å². The molecule has 0 spiro atoms. The quantitative estimate of drug-likeness (QED) is 0.188. The third kappa shape index (κ3) is 5.83. The molecule has 11 heteroatoms. The first-order chi connectivity index (χ1) is 15.8. The minimum absolute atomic E-state index is 0.166. The van der Waals surface area contributed by atoms with Crippen LogP contribution in [0.15, 0.2) is 64.1 Å². The van der Waals surface area contributed by atoms with Crippen molar-refractivity contribution in [2.75, 3.05) is 13.7 Å². The van der Waals surface area contributed by atoms with E-state index in [1.807, 2.05) is 31.2 Å². The molecule has 0 atom stereocenters.